The molecule has 1 aromatic carbocycles. The minimum absolute atomic E-state index is 0.114. The van der Waals surface area contributed by atoms with Gasteiger partial charge in [0.2, 0.25) is 5.56 Å². The third kappa shape index (κ3) is 2.79. The van der Waals surface area contributed by atoms with Gasteiger partial charge in [-0.1, -0.05) is 18.2 Å². The third-order valence-corrected chi connectivity index (χ3v) is 2.52. The number of H-pyrrole nitrogens is 1. The van der Waals surface area contributed by atoms with Crippen LogP contribution in [0.2, 0.25) is 0 Å². The van der Waals surface area contributed by atoms with Crippen LogP contribution in [0.15, 0.2) is 35.1 Å². The molecule has 0 unspecified atom stereocenters. The Morgan fingerprint density at radius 2 is 2.00 bits per heavy atom. The summed E-state index contributed by atoms with van der Waals surface area (Å²) in [5.74, 6) is -1.41. The molecule has 0 atom stereocenters. The molecule has 0 aliphatic heterocycles. The Labute approximate surface area is 108 Å². The number of carbonyl (C=O) groups excluding carboxylic acids is 2. The molecule has 0 aliphatic rings. The summed E-state index contributed by atoms with van der Waals surface area (Å²) in [5, 5.41) is 0.553. The summed E-state index contributed by atoms with van der Waals surface area (Å²) in [6.45, 7) is -0.490. The van der Waals surface area contributed by atoms with Crippen molar-refractivity contribution in [1.82, 2.24) is 4.98 Å². The number of para-hydroxylation sites is 1. The largest absolute Gasteiger partial charge is 0.466 e. The van der Waals surface area contributed by atoms with E-state index in [1.54, 1.807) is 24.3 Å². The number of ether oxygens (including phenoxy) is 2. The quantitative estimate of drug-likeness (QED) is 0.828. The molecular weight excluding hydrogens is 250 g/mol. The number of pyridine rings is 1. The Bertz CT molecular complexity index is 689. The van der Waals surface area contributed by atoms with Gasteiger partial charge in [0.05, 0.1) is 12.7 Å². The zero-order valence-electron chi connectivity index (χ0n) is 10.1. The van der Waals surface area contributed by atoms with Crippen molar-refractivity contribution in [3.63, 3.8) is 0 Å². The van der Waals surface area contributed by atoms with Crippen LogP contribution in [-0.2, 0) is 14.3 Å². The van der Waals surface area contributed by atoms with Gasteiger partial charge < -0.3 is 14.5 Å². The molecule has 2 rings (SSSR count). The second-order valence-electron chi connectivity index (χ2n) is 3.75. The van der Waals surface area contributed by atoms with Crippen molar-refractivity contribution in [3.05, 3.63) is 46.2 Å². The molecule has 0 saturated heterocycles. The fourth-order valence-corrected chi connectivity index (χ4v) is 1.63. The van der Waals surface area contributed by atoms with Crippen LogP contribution in [0.3, 0.4) is 0 Å². The molecule has 0 amide bonds. The van der Waals surface area contributed by atoms with E-state index in [4.69, 9.17) is 4.74 Å². The molecule has 19 heavy (non-hydrogen) atoms. The molecule has 6 nitrogen and oxygen atoms in total. The Balaban J connectivity index is 2.36. The van der Waals surface area contributed by atoms with E-state index in [1.165, 1.54) is 7.11 Å². The molecule has 6 heteroatoms. The lowest BCUT2D eigenvalue weighted by Crippen LogP contribution is -2.17. The van der Waals surface area contributed by atoms with Crippen LogP contribution in [0.1, 0.15) is 10.4 Å². The average molecular weight is 261 g/mol. The molecule has 0 saturated carbocycles. The molecule has 1 heterocycles. The van der Waals surface area contributed by atoms with E-state index >= 15 is 0 Å². The van der Waals surface area contributed by atoms with Crippen molar-refractivity contribution in [3.8, 4) is 0 Å². The Morgan fingerprint density at radius 3 is 2.74 bits per heavy atom. The number of hydrogen-bond acceptors (Lipinski definition) is 5. The number of fused-ring (bicyclic) bond motifs is 1. The molecule has 0 radical (unpaired) electrons. The van der Waals surface area contributed by atoms with Crippen LogP contribution in [0.5, 0.6) is 0 Å². The number of benzene rings is 1. The number of methoxy groups -OCH3 is 1. The van der Waals surface area contributed by atoms with Crippen LogP contribution in [0.25, 0.3) is 10.9 Å². The molecule has 0 spiro atoms. The lowest BCUT2D eigenvalue weighted by molar-refractivity contribution is -0.144. The highest BCUT2D eigenvalue weighted by Gasteiger charge is 2.14. The van der Waals surface area contributed by atoms with Crippen molar-refractivity contribution in [1.29, 1.82) is 0 Å². The fourth-order valence-electron chi connectivity index (χ4n) is 1.63. The maximum atomic E-state index is 11.8. The lowest BCUT2D eigenvalue weighted by Gasteiger charge is -2.06. The molecule has 0 aliphatic carbocycles. The van der Waals surface area contributed by atoms with Crippen molar-refractivity contribution in [2.24, 2.45) is 0 Å². The summed E-state index contributed by atoms with van der Waals surface area (Å²) in [4.78, 5) is 36.8. The Kier molecular flexibility index (Phi) is 3.61. The van der Waals surface area contributed by atoms with E-state index in [2.05, 4.69) is 9.72 Å². The number of esters is 2. The summed E-state index contributed by atoms with van der Waals surface area (Å²) < 4.78 is 9.14. The summed E-state index contributed by atoms with van der Waals surface area (Å²) in [6.07, 6.45) is 0. The van der Waals surface area contributed by atoms with Crippen molar-refractivity contribution in [2.45, 2.75) is 0 Å². The second-order valence-corrected chi connectivity index (χ2v) is 3.75. The Morgan fingerprint density at radius 1 is 1.26 bits per heavy atom. The predicted molar refractivity (Wildman–Crippen MR) is 66.9 cm³/mol. The normalized spacial score (nSPS) is 10.2. The van der Waals surface area contributed by atoms with Gasteiger partial charge in [-0.05, 0) is 6.07 Å². The van der Waals surface area contributed by atoms with Crippen LogP contribution in [0, 0.1) is 0 Å². The topological polar surface area (TPSA) is 85.5 Å². The highest BCUT2D eigenvalue weighted by atomic mass is 16.6. The number of aromatic amines is 1. The lowest BCUT2D eigenvalue weighted by atomic mass is 10.1. The maximum absolute atomic E-state index is 11.8. The zero-order valence-corrected chi connectivity index (χ0v) is 10.1. The molecule has 0 fully saturated rings. The molecule has 1 aromatic heterocycles. The summed E-state index contributed by atoms with van der Waals surface area (Å²) in [7, 11) is 1.19. The minimum atomic E-state index is -0.743. The first-order valence-electron chi connectivity index (χ1n) is 5.48. The molecule has 0 bridgehead atoms. The first-order valence-corrected chi connectivity index (χ1v) is 5.48. The molecule has 1 N–H and O–H groups in total. The van der Waals surface area contributed by atoms with Gasteiger partial charge in [-0.3, -0.25) is 4.79 Å². The molecule has 2 aromatic rings. The second kappa shape index (κ2) is 5.34. The van der Waals surface area contributed by atoms with E-state index in [0.717, 1.165) is 6.07 Å². The van der Waals surface area contributed by atoms with Gasteiger partial charge in [-0.2, -0.15) is 0 Å². The van der Waals surface area contributed by atoms with Gasteiger partial charge in [-0.25, -0.2) is 9.59 Å². The molecule has 98 valence electrons. The predicted octanol–water partition coefficient (Wildman–Crippen LogP) is 0.858. The van der Waals surface area contributed by atoms with Crippen LogP contribution >= 0.6 is 0 Å². The van der Waals surface area contributed by atoms with Gasteiger partial charge in [0, 0.05) is 17.0 Å². The van der Waals surface area contributed by atoms with Crippen molar-refractivity contribution < 1.29 is 19.1 Å². The zero-order chi connectivity index (χ0) is 13.8. The number of nitrogens with one attached hydrogen (secondary N) is 1. The van der Waals surface area contributed by atoms with Crippen molar-refractivity contribution >= 4 is 22.8 Å². The minimum Gasteiger partial charge on any atom is -0.466 e. The summed E-state index contributed by atoms with van der Waals surface area (Å²) in [5.41, 5.74) is 0.229. The highest BCUT2D eigenvalue weighted by Crippen LogP contribution is 2.15. The van der Waals surface area contributed by atoms with Crippen molar-refractivity contribution in [2.75, 3.05) is 13.7 Å². The molecular formula is C13H11NO5. The van der Waals surface area contributed by atoms with E-state index < -0.39 is 24.1 Å². The van der Waals surface area contributed by atoms with Gasteiger partial charge in [0.25, 0.3) is 0 Å². The summed E-state index contributed by atoms with van der Waals surface area (Å²) in [6, 6.07) is 7.97. The first kappa shape index (κ1) is 12.8. The SMILES string of the molecule is COC(=O)COC(=O)c1cc(=O)[nH]c2ccccc12. The van der Waals surface area contributed by atoms with Crippen LogP contribution in [0.4, 0.5) is 0 Å². The van der Waals surface area contributed by atoms with Crippen LogP contribution in [-0.4, -0.2) is 30.6 Å². The van der Waals surface area contributed by atoms with E-state index in [1.807, 2.05) is 0 Å². The number of rotatable bonds is 3. The van der Waals surface area contributed by atoms with E-state index in [0.29, 0.717) is 10.9 Å². The van der Waals surface area contributed by atoms with Gasteiger partial charge in [0.15, 0.2) is 6.61 Å². The summed E-state index contributed by atoms with van der Waals surface area (Å²) >= 11 is 0. The Hall–Kier alpha value is -2.63. The number of carbonyl (C=O) groups is 2. The standard InChI is InChI=1S/C13H11NO5/c1-18-12(16)7-19-13(17)9-6-11(15)14-10-5-3-2-4-8(9)10/h2-6H,7H2,1H3,(H,14,15). The maximum Gasteiger partial charge on any atom is 0.344 e. The van der Waals surface area contributed by atoms with Gasteiger partial charge in [0.1, 0.15) is 0 Å². The van der Waals surface area contributed by atoms with Gasteiger partial charge in [-0.15, -0.1) is 0 Å². The fraction of sp³-hybridized carbons (Fsp3) is 0.154. The van der Waals surface area contributed by atoms with Gasteiger partial charge >= 0.3 is 11.9 Å². The van der Waals surface area contributed by atoms with E-state index in [9.17, 15) is 14.4 Å². The highest BCUT2D eigenvalue weighted by molar-refractivity contribution is 6.03. The van der Waals surface area contributed by atoms with E-state index in [-0.39, 0.29) is 5.56 Å². The first-order chi connectivity index (χ1) is 9.11. The third-order valence-electron chi connectivity index (χ3n) is 2.52. The van der Waals surface area contributed by atoms with Crippen LogP contribution < -0.4 is 5.56 Å². The smallest absolute Gasteiger partial charge is 0.344 e. The average Bonchev–Trinajstić information content (AvgIpc) is 2.43. The number of aromatic nitrogens is 1. The number of hydrogen-bond donors (Lipinski definition) is 1. The monoisotopic (exact) mass is 261 g/mol.